The lowest BCUT2D eigenvalue weighted by Crippen LogP contribution is -2.37. The molecule has 3 rings (SSSR count). The molecule has 1 aliphatic rings. The number of carbonyl (C=O) groups excluding carboxylic acids is 1. The van der Waals surface area contributed by atoms with Crippen LogP contribution in [0.4, 0.5) is 0 Å². The number of hydrogen-bond acceptors (Lipinski definition) is 6. The van der Waals surface area contributed by atoms with Crippen molar-refractivity contribution in [1.29, 1.82) is 0 Å². The molecule has 1 unspecified atom stereocenters. The number of hydrogen-bond donors (Lipinski definition) is 1. The first-order valence-corrected chi connectivity index (χ1v) is 10.0. The van der Waals surface area contributed by atoms with E-state index in [0.29, 0.717) is 71.6 Å². The van der Waals surface area contributed by atoms with E-state index in [-0.39, 0.29) is 12.0 Å². The second kappa shape index (κ2) is 12.5. The van der Waals surface area contributed by atoms with Gasteiger partial charge in [0.1, 0.15) is 0 Å². The predicted octanol–water partition coefficient (Wildman–Crippen LogP) is 2.03. The van der Waals surface area contributed by atoms with Crippen molar-refractivity contribution in [1.82, 2.24) is 5.32 Å². The number of amides is 1. The average molecular weight is 403 g/mol. The maximum Gasteiger partial charge on any atom is 0.252 e. The first-order chi connectivity index (χ1) is 14.3. The van der Waals surface area contributed by atoms with Gasteiger partial charge in [0.2, 0.25) is 0 Å². The van der Waals surface area contributed by atoms with Gasteiger partial charge in [-0.15, -0.1) is 0 Å². The Morgan fingerprint density at radius 1 is 0.793 bits per heavy atom. The van der Waals surface area contributed by atoms with Gasteiger partial charge in [-0.25, -0.2) is 0 Å². The lowest BCUT2D eigenvalue weighted by Gasteiger charge is -2.19. The van der Waals surface area contributed by atoms with Crippen molar-refractivity contribution in [2.24, 2.45) is 0 Å². The quantitative estimate of drug-likeness (QED) is 0.845. The van der Waals surface area contributed by atoms with E-state index in [0.717, 1.165) is 10.8 Å². The van der Waals surface area contributed by atoms with Crippen LogP contribution in [0, 0.1) is 0 Å². The van der Waals surface area contributed by atoms with E-state index >= 15 is 0 Å². The zero-order valence-corrected chi connectivity index (χ0v) is 16.6. The van der Waals surface area contributed by atoms with Gasteiger partial charge in [-0.1, -0.05) is 36.4 Å². The van der Waals surface area contributed by atoms with Crippen LogP contribution in [-0.4, -0.2) is 78.0 Å². The van der Waals surface area contributed by atoms with E-state index in [1.807, 2.05) is 42.5 Å². The molecule has 1 atom stereocenters. The van der Waals surface area contributed by atoms with E-state index < -0.39 is 0 Å². The number of fused-ring (bicyclic) bond motifs is 1. The van der Waals surface area contributed by atoms with Crippen molar-refractivity contribution in [2.45, 2.75) is 6.10 Å². The van der Waals surface area contributed by atoms with Gasteiger partial charge in [0.25, 0.3) is 5.91 Å². The SMILES string of the molecule is O=C(NCC1COCCOCCOCCOCCO1)c1cccc2ccccc12. The summed E-state index contributed by atoms with van der Waals surface area (Å²) in [6.07, 6.45) is -0.265. The molecule has 1 saturated heterocycles. The van der Waals surface area contributed by atoms with Gasteiger partial charge < -0.3 is 29.0 Å². The van der Waals surface area contributed by atoms with Crippen LogP contribution in [0.15, 0.2) is 42.5 Å². The molecule has 7 nitrogen and oxygen atoms in total. The van der Waals surface area contributed by atoms with Crippen molar-refractivity contribution < 1.29 is 28.5 Å². The fraction of sp³-hybridized carbons (Fsp3) is 0.500. The Kier molecular flexibility index (Phi) is 9.35. The first kappa shape index (κ1) is 21.7. The third-order valence-electron chi connectivity index (χ3n) is 4.53. The molecule has 1 amide bonds. The van der Waals surface area contributed by atoms with Gasteiger partial charge in [0.05, 0.1) is 65.6 Å². The van der Waals surface area contributed by atoms with E-state index in [4.69, 9.17) is 23.7 Å². The number of benzene rings is 2. The van der Waals surface area contributed by atoms with Crippen molar-refractivity contribution in [3.63, 3.8) is 0 Å². The highest BCUT2D eigenvalue weighted by atomic mass is 16.6. The van der Waals surface area contributed by atoms with Crippen molar-refractivity contribution in [3.8, 4) is 0 Å². The molecule has 0 saturated carbocycles. The second-order valence-corrected chi connectivity index (χ2v) is 6.64. The van der Waals surface area contributed by atoms with Crippen LogP contribution in [0.2, 0.25) is 0 Å². The Balaban J connectivity index is 1.53. The van der Waals surface area contributed by atoms with Crippen molar-refractivity contribution in [2.75, 3.05) is 66.0 Å². The normalized spacial score (nSPS) is 20.5. The standard InChI is InChI=1S/C22H29NO6/c24-22(21-7-3-5-18-4-1-2-6-20(18)21)23-16-19-17-28-13-12-26-9-8-25-10-11-27-14-15-29-19/h1-7,19H,8-17H2,(H,23,24). The minimum atomic E-state index is -0.265. The summed E-state index contributed by atoms with van der Waals surface area (Å²) in [6.45, 7) is 4.70. The monoisotopic (exact) mass is 403 g/mol. The number of nitrogens with one attached hydrogen (secondary N) is 1. The molecule has 1 aliphatic heterocycles. The molecule has 0 radical (unpaired) electrons. The van der Waals surface area contributed by atoms with E-state index in [1.54, 1.807) is 0 Å². The molecule has 0 spiro atoms. The summed E-state index contributed by atoms with van der Waals surface area (Å²) in [6, 6.07) is 13.6. The highest BCUT2D eigenvalue weighted by molar-refractivity contribution is 6.06. The molecule has 0 aliphatic carbocycles. The fourth-order valence-corrected chi connectivity index (χ4v) is 3.04. The second-order valence-electron chi connectivity index (χ2n) is 6.64. The van der Waals surface area contributed by atoms with Gasteiger partial charge in [-0.3, -0.25) is 4.79 Å². The summed E-state index contributed by atoms with van der Waals surface area (Å²) in [4.78, 5) is 12.7. The van der Waals surface area contributed by atoms with E-state index in [2.05, 4.69) is 5.32 Å². The Bertz CT molecular complexity index is 732. The van der Waals surface area contributed by atoms with Crippen molar-refractivity contribution >= 4 is 16.7 Å². The summed E-state index contributed by atoms with van der Waals surface area (Å²) in [5.74, 6) is -0.127. The average Bonchev–Trinajstić information content (AvgIpc) is 2.77. The topological polar surface area (TPSA) is 75.3 Å². The molecule has 7 heteroatoms. The minimum absolute atomic E-state index is 0.127. The zero-order chi connectivity index (χ0) is 20.2. The van der Waals surface area contributed by atoms with Crippen LogP contribution < -0.4 is 5.32 Å². The molecular weight excluding hydrogens is 374 g/mol. The number of carbonyl (C=O) groups is 1. The van der Waals surface area contributed by atoms with E-state index in [1.165, 1.54) is 0 Å². The molecule has 0 aromatic heterocycles. The molecular formula is C22H29NO6. The Morgan fingerprint density at radius 2 is 1.41 bits per heavy atom. The van der Waals surface area contributed by atoms with Crippen LogP contribution in [0.25, 0.3) is 10.8 Å². The molecule has 158 valence electrons. The highest BCUT2D eigenvalue weighted by Gasteiger charge is 2.14. The first-order valence-electron chi connectivity index (χ1n) is 10.0. The van der Waals surface area contributed by atoms with Gasteiger partial charge in [0.15, 0.2) is 0 Å². The zero-order valence-electron chi connectivity index (χ0n) is 16.6. The third kappa shape index (κ3) is 7.38. The summed E-state index contributed by atoms with van der Waals surface area (Å²) < 4.78 is 27.8. The van der Waals surface area contributed by atoms with Crippen molar-refractivity contribution in [3.05, 3.63) is 48.0 Å². The van der Waals surface area contributed by atoms with Crippen LogP contribution in [0.5, 0.6) is 0 Å². The predicted molar refractivity (Wildman–Crippen MR) is 109 cm³/mol. The van der Waals surface area contributed by atoms with Gasteiger partial charge in [-0.05, 0) is 16.8 Å². The lowest BCUT2D eigenvalue weighted by atomic mass is 10.0. The highest BCUT2D eigenvalue weighted by Crippen LogP contribution is 2.18. The molecule has 1 fully saturated rings. The van der Waals surface area contributed by atoms with Gasteiger partial charge in [-0.2, -0.15) is 0 Å². The largest absolute Gasteiger partial charge is 0.377 e. The fourth-order valence-electron chi connectivity index (χ4n) is 3.04. The minimum Gasteiger partial charge on any atom is -0.377 e. The van der Waals surface area contributed by atoms with Gasteiger partial charge >= 0.3 is 0 Å². The van der Waals surface area contributed by atoms with Crippen LogP contribution in [0.1, 0.15) is 10.4 Å². The smallest absolute Gasteiger partial charge is 0.252 e. The number of rotatable bonds is 3. The van der Waals surface area contributed by atoms with E-state index in [9.17, 15) is 4.79 Å². The molecule has 1 N–H and O–H groups in total. The molecule has 2 aromatic rings. The Labute approximate surface area is 171 Å². The summed E-state index contributed by atoms with van der Waals surface area (Å²) in [5.41, 5.74) is 0.651. The maximum absolute atomic E-state index is 12.7. The third-order valence-corrected chi connectivity index (χ3v) is 4.53. The van der Waals surface area contributed by atoms with Crippen LogP contribution in [0.3, 0.4) is 0 Å². The molecule has 1 heterocycles. The van der Waals surface area contributed by atoms with Crippen LogP contribution in [-0.2, 0) is 23.7 Å². The Hall–Kier alpha value is -2.03. The maximum atomic E-state index is 12.7. The number of ether oxygens (including phenoxy) is 5. The lowest BCUT2D eigenvalue weighted by molar-refractivity contribution is -0.0438. The summed E-state index contributed by atoms with van der Waals surface area (Å²) >= 11 is 0. The summed E-state index contributed by atoms with van der Waals surface area (Å²) in [5, 5.41) is 4.94. The summed E-state index contributed by atoms with van der Waals surface area (Å²) in [7, 11) is 0. The molecule has 0 bridgehead atoms. The molecule has 2 aromatic carbocycles. The Morgan fingerprint density at radius 3 is 2.17 bits per heavy atom. The van der Waals surface area contributed by atoms with Gasteiger partial charge in [0, 0.05) is 12.1 Å². The van der Waals surface area contributed by atoms with Crippen LogP contribution >= 0.6 is 0 Å². The molecule has 29 heavy (non-hydrogen) atoms.